The molecule has 0 radical (unpaired) electrons. The van der Waals surface area contributed by atoms with Gasteiger partial charge in [0.1, 0.15) is 0 Å². The monoisotopic (exact) mass is 341 g/mol. The van der Waals surface area contributed by atoms with Crippen LogP contribution in [0.5, 0.6) is 11.5 Å². The Morgan fingerprint density at radius 2 is 1.19 bits per heavy atom. The molecule has 4 aromatic rings. The van der Waals surface area contributed by atoms with Gasteiger partial charge >= 0.3 is 0 Å². The summed E-state index contributed by atoms with van der Waals surface area (Å²) in [6.07, 6.45) is 1.89. The van der Waals surface area contributed by atoms with Crippen molar-refractivity contribution >= 4 is 10.9 Å². The highest BCUT2D eigenvalue weighted by Crippen LogP contribution is 2.33. The highest BCUT2D eigenvalue weighted by Gasteiger charge is 2.08. The van der Waals surface area contributed by atoms with Crippen LogP contribution >= 0.6 is 0 Å². The first-order chi connectivity index (χ1) is 12.8. The highest BCUT2D eigenvalue weighted by molar-refractivity contribution is 5.86. The van der Waals surface area contributed by atoms with Gasteiger partial charge in [0.05, 0.1) is 19.7 Å². The van der Waals surface area contributed by atoms with E-state index in [0.717, 1.165) is 22.0 Å². The molecule has 0 saturated heterocycles. The van der Waals surface area contributed by atoms with Crippen molar-refractivity contribution in [1.82, 2.24) is 4.98 Å². The number of benzene rings is 3. The minimum atomic E-state index is 0.687. The van der Waals surface area contributed by atoms with Crippen molar-refractivity contribution in [2.45, 2.75) is 0 Å². The Morgan fingerprint density at radius 1 is 0.615 bits per heavy atom. The van der Waals surface area contributed by atoms with Gasteiger partial charge in [0.25, 0.3) is 0 Å². The second kappa shape index (κ2) is 6.89. The SMILES string of the molecule is COc1cc2cc(-c3ccc(-c4ccccc4)cc3)cnc2cc1OC. The summed E-state index contributed by atoms with van der Waals surface area (Å²) in [5.41, 5.74) is 5.51. The number of hydrogen-bond donors (Lipinski definition) is 0. The molecule has 3 aromatic carbocycles. The van der Waals surface area contributed by atoms with Crippen LogP contribution < -0.4 is 9.47 Å². The highest BCUT2D eigenvalue weighted by atomic mass is 16.5. The van der Waals surface area contributed by atoms with Gasteiger partial charge in [0.15, 0.2) is 11.5 Å². The zero-order chi connectivity index (χ0) is 17.9. The molecule has 0 unspecified atom stereocenters. The average molecular weight is 341 g/mol. The van der Waals surface area contributed by atoms with E-state index in [4.69, 9.17) is 9.47 Å². The van der Waals surface area contributed by atoms with E-state index in [9.17, 15) is 0 Å². The lowest BCUT2D eigenvalue weighted by Crippen LogP contribution is -1.92. The fraction of sp³-hybridized carbons (Fsp3) is 0.0870. The van der Waals surface area contributed by atoms with Crippen LogP contribution in [0.25, 0.3) is 33.2 Å². The maximum absolute atomic E-state index is 5.40. The Hall–Kier alpha value is -3.33. The maximum Gasteiger partial charge on any atom is 0.162 e. The van der Waals surface area contributed by atoms with Crippen LogP contribution in [0, 0.1) is 0 Å². The van der Waals surface area contributed by atoms with Gasteiger partial charge in [0, 0.05) is 23.2 Å². The minimum absolute atomic E-state index is 0.687. The maximum atomic E-state index is 5.40. The summed E-state index contributed by atoms with van der Waals surface area (Å²) in [5.74, 6) is 1.39. The molecule has 0 bridgehead atoms. The van der Waals surface area contributed by atoms with E-state index < -0.39 is 0 Å². The van der Waals surface area contributed by atoms with E-state index in [0.29, 0.717) is 11.5 Å². The third-order valence-corrected chi connectivity index (χ3v) is 4.51. The molecule has 26 heavy (non-hydrogen) atoms. The first-order valence-corrected chi connectivity index (χ1v) is 8.46. The van der Waals surface area contributed by atoms with E-state index in [1.165, 1.54) is 11.1 Å². The number of hydrogen-bond acceptors (Lipinski definition) is 3. The van der Waals surface area contributed by atoms with Crippen LogP contribution in [-0.2, 0) is 0 Å². The third-order valence-electron chi connectivity index (χ3n) is 4.51. The smallest absolute Gasteiger partial charge is 0.162 e. The van der Waals surface area contributed by atoms with Gasteiger partial charge in [-0.15, -0.1) is 0 Å². The number of methoxy groups -OCH3 is 2. The fourth-order valence-electron chi connectivity index (χ4n) is 3.10. The normalized spacial score (nSPS) is 10.7. The predicted octanol–water partition coefficient (Wildman–Crippen LogP) is 5.59. The van der Waals surface area contributed by atoms with Gasteiger partial charge in [-0.1, -0.05) is 54.6 Å². The minimum Gasteiger partial charge on any atom is -0.493 e. The molecular weight excluding hydrogens is 322 g/mol. The Bertz CT molecular complexity index is 1040. The second-order valence-electron chi connectivity index (χ2n) is 6.07. The molecule has 0 aliphatic carbocycles. The van der Waals surface area contributed by atoms with Crippen molar-refractivity contribution < 1.29 is 9.47 Å². The molecule has 1 heterocycles. The van der Waals surface area contributed by atoms with E-state index in [2.05, 4.69) is 59.6 Å². The molecule has 3 nitrogen and oxygen atoms in total. The predicted molar refractivity (Wildman–Crippen MR) is 106 cm³/mol. The van der Waals surface area contributed by atoms with Crippen molar-refractivity contribution in [3.05, 3.63) is 79.0 Å². The van der Waals surface area contributed by atoms with Gasteiger partial charge < -0.3 is 9.47 Å². The molecular formula is C23H19NO2. The van der Waals surface area contributed by atoms with Gasteiger partial charge in [-0.25, -0.2) is 0 Å². The molecule has 1 aromatic heterocycles. The van der Waals surface area contributed by atoms with Gasteiger partial charge in [-0.2, -0.15) is 0 Å². The fourth-order valence-corrected chi connectivity index (χ4v) is 3.10. The molecule has 0 aliphatic rings. The summed E-state index contributed by atoms with van der Waals surface area (Å²) < 4.78 is 10.8. The summed E-state index contributed by atoms with van der Waals surface area (Å²) in [7, 11) is 3.27. The largest absolute Gasteiger partial charge is 0.493 e. The van der Waals surface area contributed by atoms with E-state index >= 15 is 0 Å². The summed E-state index contributed by atoms with van der Waals surface area (Å²) in [5, 5.41) is 1.02. The van der Waals surface area contributed by atoms with E-state index in [1.54, 1.807) is 14.2 Å². The van der Waals surface area contributed by atoms with E-state index in [1.807, 2.05) is 24.4 Å². The van der Waals surface area contributed by atoms with Crippen LogP contribution in [0.15, 0.2) is 79.0 Å². The van der Waals surface area contributed by atoms with Gasteiger partial charge in [-0.3, -0.25) is 4.98 Å². The summed E-state index contributed by atoms with van der Waals surface area (Å²) in [6, 6.07) is 24.9. The molecule has 0 spiro atoms. The zero-order valence-electron chi connectivity index (χ0n) is 14.8. The van der Waals surface area contributed by atoms with Crippen molar-refractivity contribution in [2.24, 2.45) is 0 Å². The third kappa shape index (κ3) is 3.00. The summed E-state index contributed by atoms with van der Waals surface area (Å²) >= 11 is 0. The quantitative estimate of drug-likeness (QED) is 0.485. The van der Waals surface area contributed by atoms with Crippen LogP contribution in [0.4, 0.5) is 0 Å². The number of rotatable bonds is 4. The standard InChI is InChI=1S/C23H19NO2/c1-25-22-13-19-12-20(15-24-21(19)14-23(22)26-2)18-10-8-17(9-11-18)16-6-4-3-5-7-16/h3-15H,1-2H3. The molecule has 0 saturated carbocycles. The molecule has 0 aliphatic heterocycles. The lowest BCUT2D eigenvalue weighted by Gasteiger charge is -2.10. The Labute approximate surface area is 152 Å². The van der Waals surface area contributed by atoms with Crippen LogP contribution in [0.2, 0.25) is 0 Å². The van der Waals surface area contributed by atoms with Crippen LogP contribution in [0.1, 0.15) is 0 Å². The van der Waals surface area contributed by atoms with Crippen molar-refractivity contribution in [3.63, 3.8) is 0 Å². The Kier molecular flexibility index (Phi) is 4.28. The topological polar surface area (TPSA) is 31.4 Å². The summed E-state index contributed by atoms with van der Waals surface area (Å²) in [4.78, 5) is 4.59. The number of pyridine rings is 1. The van der Waals surface area contributed by atoms with Crippen LogP contribution in [0.3, 0.4) is 0 Å². The molecule has 128 valence electrons. The van der Waals surface area contributed by atoms with Crippen molar-refractivity contribution in [1.29, 1.82) is 0 Å². The molecule has 0 amide bonds. The molecule has 4 rings (SSSR count). The average Bonchev–Trinajstić information content (AvgIpc) is 2.73. The lowest BCUT2D eigenvalue weighted by atomic mass is 10.0. The summed E-state index contributed by atoms with van der Waals surface area (Å²) in [6.45, 7) is 0. The molecule has 0 N–H and O–H groups in total. The number of fused-ring (bicyclic) bond motifs is 1. The van der Waals surface area contributed by atoms with Gasteiger partial charge in [0.2, 0.25) is 0 Å². The molecule has 3 heteroatoms. The number of nitrogens with zero attached hydrogens (tertiary/aromatic N) is 1. The van der Waals surface area contributed by atoms with E-state index in [-0.39, 0.29) is 0 Å². The lowest BCUT2D eigenvalue weighted by molar-refractivity contribution is 0.356. The Morgan fingerprint density at radius 3 is 1.85 bits per heavy atom. The number of ether oxygens (including phenoxy) is 2. The second-order valence-corrected chi connectivity index (χ2v) is 6.07. The first-order valence-electron chi connectivity index (χ1n) is 8.46. The van der Waals surface area contributed by atoms with Crippen molar-refractivity contribution in [3.8, 4) is 33.8 Å². The Balaban J connectivity index is 1.72. The molecule has 0 fully saturated rings. The van der Waals surface area contributed by atoms with Crippen LogP contribution in [-0.4, -0.2) is 19.2 Å². The zero-order valence-corrected chi connectivity index (χ0v) is 14.8. The first kappa shape index (κ1) is 16.2. The number of aromatic nitrogens is 1. The van der Waals surface area contributed by atoms with Gasteiger partial charge in [-0.05, 0) is 28.8 Å². The van der Waals surface area contributed by atoms with Crippen molar-refractivity contribution in [2.75, 3.05) is 14.2 Å². The molecule has 0 atom stereocenters.